The van der Waals surface area contributed by atoms with Crippen molar-refractivity contribution in [2.24, 2.45) is 0 Å². The summed E-state index contributed by atoms with van der Waals surface area (Å²) in [6.07, 6.45) is 2.01. The molecule has 0 amide bonds. The van der Waals surface area contributed by atoms with Gasteiger partial charge in [-0.1, -0.05) is 6.07 Å². The van der Waals surface area contributed by atoms with Crippen LogP contribution in [0.2, 0.25) is 0 Å². The largest absolute Gasteiger partial charge is 0.462 e. The number of aromatic amines is 1. The lowest BCUT2D eigenvalue weighted by molar-refractivity contribution is -0.138. The highest BCUT2D eigenvalue weighted by Crippen LogP contribution is 2.32. The van der Waals surface area contributed by atoms with E-state index in [1.54, 1.807) is 0 Å². The Bertz CT molecular complexity index is 643. The molecule has 0 spiro atoms. The highest BCUT2D eigenvalue weighted by Gasteiger charge is 2.15. The maximum Gasteiger partial charge on any atom is 0.293 e. The number of rotatable bonds is 2. The van der Waals surface area contributed by atoms with Crippen molar-refractivity contribution >= 4 is 39.0 Å². The zero-order valence-electron chi connectivity index (χ0n) is 13.9. The van der Waals surface area contributed by atoms with E-state index in [0.29, 0.717) is 6.47 Å². The van der Waals surface area contributed by atoms with Gasteiger partial charge < -0.3 is 19.9 Å². The summed E-state index contributed by atoms with van der Waals surface area (Å²) in [6.45, 7) is 10.2. The van der Waals surface area contributed by atoms with Crippen LogP contribution in [0.15, 0.2) is 28.9 Å². The van der Waals surface area contributed by atoms with Crippen LogP contribution < -0.4 is 10.2 Å². The predicted molar refractivity (Wildman–Crippen MR) is 98.0 cm³/mol. The van der Waals surface area contributed by atoms with Crippen LogP contribution in [0.1, 0.15) is 20.8 Å². The van der Waals surface area contributed by atoms with E-state index in [2.05, 4.69) is 54.1 Å². The average Bonchev–Trinajstić information content (AvgIpc) is 2.89. The Kier molecular flexibility index (Phi) is 6.07. The normalized spacial score (nSPS) is 15.0. The molecular weight excluding hydrogens is 358 g/mol. The van der Waals surface area contributed by atoms with Gasteiger partial charge in [0.1, 0.15) is 5.60 Å². The summed E-state index contributed by atoms with van der Waals surface area (Å²) >= 11 is 3.61. The second kappa shape index (κ2) is 7.84. The lowest BCUT2D eigenvalue weighted by Gasteiger charge is -2.30. The average molecular weight is 382 g/mol. The number of hydrogen-bond donors (Lipinski definition) is 2. The molecule has 2 heterocycles. The minimum absolute atomic E-state index is 0.318. The fourth-order valence-corrected chi connectivity index (χ4v) is 2.97. The smallest absolute Gasteiger partial charge is 0.293 e. The molecular formula is C17H24BrN3O2. The fraction of sp³-hybridized carbons (Fsp3) is 0.471. The van der Waals surface area contributed by atoms with Crippen LogP contribution in [0.4, 0.5) is 5.69 Å². The molecule has 1 aliphatic heterocycles. The molecule has 1 aromatic heterocycles. The Labute approximate surface area is 145 Å². The lowest BCUT2D eigenvalue weighted by atomic mass is 10.2. The first-order valence-corrected chi connectivity index (χ1v) is 8.54. The Morgan fingerprint density at radius 3 is 2.52 bits per heavy atom. The van der Waals surface area contributed by atoms with Crippen molar-refractivity contribution in [3.63, 3.8) is 0 Å². The number of nitrogens with zero attached hydrogens (tertiary/aromatic N) is 1. The molecule has 1 aliphatic rings. The summed E-state index contributed by atoms with van der Waals surface area (Å²) in [5, 5.41) is 4.68. The Morgan fingerprint density at radius 2 is 1.96 bits per heavy atom. The van der Waals surface area contributed by atoms with Gasteiger partial charge in [0.15, 0.2) is 0 Å². The van der Waals surface area contributed by atoms with Crippen molar-refractivity contribution < 1.29 is 9.53 Å². The van der Waals surface area contributed by atoms with Crippen molar-refractivity contribution in [3.8, 4) is 0 Å². The van der Waals surface area contributed by atoms with Crippen molar-refractivity contribution in [2.45, 2.75) is 26.4 Å². The molecule has 0 unspecified atom stereocenters. The topological polar surface area (TPSA) is 57.4 Å². The maximum absolute atomic E-state index is 9.60. The highest BCUT2D eigenvalue weighted by atomic mass is 79.9. The van der Waals surface area contributed by atoms with Crippen LogP contribution in [0.3, 0.4) is 0 Å². The Hall–Kier alpha value is -1.53. The first kappa shape index (κ1) is 17.8. The molecule has 1 fully saturated rings. The molecule has 2 aromatic rings. The summed E-state index contributed by atoms with van der Waals surface area (Å²) in [4.78, 5) is 15.3. The van der Waals surface area contributed by atoms with Gasteiger partial charge in [0.2, 0.25) is 0 Å². The number of ether oxygens (including phenoxy) is 1. The van der Waals surface area contributed by atoms with Crippen LogP contribution in [0, 0.1) is 0 Å². The first-order chi connectivity index (χ1) is 10.9. The molecule has 3 rings (SSSR count). The molecule has 0 atom stereocenters. The second-order valence-electron chi connectivity index (χ2n) is 6.40. The van der Waals surface area contributed by atoms with Crippen LogP contribution in [-0.4, -0.2) is 43.2 Å². The van der Waals surface area contributed by atoms with Crippen LogP contribution in [-0.2, 0) is 9.53 Å². The fourth-order valence-electron chi connectivity index (χ4n) is 2.44. The number of carbonyl (C=O) groups excluding carboxylic acids is 1. The second-order valence-corrected chi connectivity index (χ2v) is 7.25. The predicted octanol–water partition coefficient (Wildman–Crippen LogP) is 3.30. The van der Waals surface area contributed by atoms with E-state index in [4.69, 9.17) is 0 Å². The van der Waals surface area contributed by atoms with Crippen molar-refractivity contribution in [1.82, 2.24) is 10.3 Å². The number of H-pyrrole nitrogens is 1. The van der Waals surface area contributed by atoms with E-state index in [1.165, 1.54) is 16.6 Å². The Morgan fingerprint density at radius 1 is 1.26 bits per heavy atom. The molecule has 0 radical (unpaired) electrons. The molecule has 0 bridgehead atoms. The number of hydrogen-bond acceptors (Lipinski definition) is 4. The SMILES string of the molecule is Brc1c[nH]c2cccc(N3CCNCC3)c12.CC(C)(C)OC=O. The number of benzene rings is 1. The third kappa shape index (κ3) is 4.97. The summed E-state index contributed by atoms with van der Waals surface area (Å²) in [5.74, 6) is 0. The highest BCUT2D eigenvalue weighted by molar-refractivity contribution is 9.10. The number of aromatic nitrogens is 1. The van der Waals surface area contributed by atoms with Gasteiger partial charge in [-0.25, -0.2) is 0 Å². The third-order valence-corrected chi connectivity index (χ3v) is 4.12. The van der Waals surface area contributed by atoms with E-state index in [9.17, 15) is 4.79 Å². The van der Waals surface area contributed by atoms with Crippen molar-refractivity contribution in [3.05, 3.63) is 28.9 Å². The number of piperazine rings is 1. The minimum atomic E-state index is -0.318. The van der Waals surface area contributed by atoms with Gasteiger partial charge >= 0.3 is 0 Å². The number of anilines is 1. The zero-order chi connectivity index (χ0) is 16.9. The van der Waals surface area contributed by atoms with Crippen LogP contribution in [0.5, 0.6) is 0 Å². The van der Waals surface area contributed by atoms with Gasteiger partial charge in [-0.3, -0.25) is 4.79 Å². The molecule has 2 N–H and O–H groups in total. The monoisotopic (exact) mass is 381 g/mol. The zero-order valence-corrected chi connectivity index (χ0v) is 15.4. The molecule has 0 saturated carbocycles. The lowest BCUT2D eigenvalue weighted by Crippen LogP contribution is -2.43. The summed E-state index contributed by atoms with van der Waals surface area (Å²) in [6, 6.07) is 6.43. The van der Waals surface area contributed by atoms with Gasteiger partial charge in [-0.15, -0.1) is 0 Å². The van der Waals surface area contributed by atoms with E-state index >= 15 is 0 Å². The van der Waals surface area contributed by atoms with E-state index in [-0.39, 0.29) is 5.60 Å². The molecule has 0 aliphatic carbocycles. The number of halogens is 1. The first-order valence-electron chi connectivity index (χ1n) is 7.75. The number of carbonyl (C=O) groups is 1. The van der Waals surface area contributed by atoms with Crippen LogP contribution >= 0.6 is 15.9 Å². The molecule has 126 valence electrons. The van der Waals surface area contributed by atoms with Gasteiger partial charge in [-0.05, 0) is 48.8 Å². The molecule has 6 heteroatoms. The number of nitrogens with one attached hydrogen (secondary N) is 2. The van der Waals surface area contributed by atoms with Gasteiger partial charge in [0.05, 0.1) is 0 Å². The summed E-state index contributed by atoms with van der Waals surface area (Å²) in [7, 11) is 0. The van der Waals surface area contributed by atoms with Crippen LogP contribution in [0.25, 0.3) is 10.9 Å². The summed E-state index contributed by atoms with van der Waals surface area (Å²) in [5.41, 5.74) is 2.21. The maximum atomic E-state index is 9.60. The Balaban J connectivity index is 0.000000236. The van der Waals surface area contributed by atoms with Gasteiger partial charge in [0.25, 0.3) is 6.47 Å². The molecule has 23 heavy (non-hydrogen) atoms. The quantitative estimate of drug-likeness (QED) is 0.783. The van der Waals surface area contributed by atoms with E-state index in [1.807, 2.05) is 27.0 Å². The summed E-state index contributed by atoms with van der Waals surface area (Å²) < 4.78 is 5.70. The van der Waals surface area contributed by atoms with Gasteiger partial charge in [0, 0.05) is 53.4 Å². The van der Waals surface area contributed by atoms with Crippen molar-refractivity contribution in [2.75, 3.05) is 31.1 Å². The van der Waals surface area contributed by atoms with E-state index < -0.39 is 0 Å². The van der Waals surface area contributed by atoms with Crippen molar-refractivity contribution in [1.29, 1.82) is 0 Å². The number of fused-ring (bicyclic) bond motifs is 1. The molecule has 1 saturated heterocycles. The molecule has 5 nitrogen and oxygen atoms in total. The minimum Gasteiger partial charge on any atom is -0.462 e. The van der Waals surface area contributed by atoms with Gasteiger partial charge in [-0.2, -0.15) is 0 Å². The standard InChI is InChI=1S/C12H14BrN3.C5H10O2/c13-9-8-15-10-2-1-3-11(12(9)10)16-6-4-14-5-7-16;1-5(2,3)7-4-6/h1-3,8,14-15H,4-7H2;4H,1-3H3. The van der Waals surface area contributed by atoms with E-state index in [0.717, 1.165) is 30.7 Å². The molecule has 1 aromatic carbocycles. The third-order valence-electron chi connectivity index (χ3n) is 3.50.